The second kappa shape index (κ2) is 9.97. The molecule has 0 spiro atoms. The molecule has 0 bridgehead atoms. The number of amides is 1. The third-order valence-corrected chi connectivity index (χ3v) is 7.31. The molecular formula is C27H31FN2OS. The van der Waals surface area contributed by atoms with Crippen LogP contribution in [0.15, 0.2) is 66.0 Å². The molecule has 0 saturated carbocycles. The quantitative estimate of drug-likeness (QED) is 0.443. The molecule has 3 nitrogen and oxygen atoms in total. The molecular weight excluding hydrogens is 419 g/mol. The van der Waals surface area contributed by atoms with Crippen LogP contribution in [0.3, 0.4) is 0 Å². The smallest absolute Gasteiger partial charge is 0.254 e. The van der Waals surface area contributed by atoms with Gasteiger partial charge in [0.25, 0.3) is 5.91 Å². The zero-order valence-electron chi connectivity index (χ0n) is 19.0. The van der Waals surface area contributed by atoms with Crippen molar-refractivity contribution in [3.8, 4) is 0 Å². The van der Waals surface area contributed by atoms with Crippen LogP contribution in [0, 0.1) is 18.7 Å². The molecule has 1 aliphatic rings. The fourth-order valence-corrected chi connectivity index (χ4v) is 5.51. The van der Waals surface area contributed by atoms with Crippen molar-refractivity contribution < 1.29 is 9.18 Å². The highest BCUT2D eigenvalue weighted by molar-refractivity contribution is 7.09. The first kappa shape index (κ1) is 22.7. The normalized spacial score (nSPS) is 18.9. The molecule has 1 amide bonds. The molecule has 2 unspecified atom stereocenters. The minimum absolute atomic E-state index is 0.0767. The van der Waals surface area contributed by atoms with E-state index < -0.39 is 0 Å². The number of carbonyl (C=O) groups excluding carboxylic acids is 1. The zero-order chi connectivity index (χ0) is 22.7. The first-order valence-corrected chi connectivity index (χ1v) is 12.2. The van der Waals surface area contributed by atoms with Gasteiger partial charge in [0.05, 0.1) is 0 Å². The van der Waals surface area contributed by atoms with E-state index in [4.69, 9.17) is 0 Å². The summed E-state index contributed by atoms with van der Waals surface area (Å²) in [4.78, 5) is 19.3. The van der Waals surface area contributed by atoms with Crippen molar-refractivity contribution in [1.29, 1.82) is 0 Å². The van der Waals surface area contributed by atoms with E-state index in [2.05, 4.69) is 36.3 Å². The standard InChI is InChI=1S/C27H31FN2OS/c1-19(2)30(27(31)25-12-5-4-8-20(25)3)16-22-15-29(17-24-11-7-13-32-24)18-26(22)21-9-6-10-23(28)14-21/h4-14,19,22,26H,15-18H2,1-3H3. The summed E-state index contributed by atoms with van der Waals surface area (Å²) < 4.78 is 14.1. The first-order chi connectivity index (χ1) is 15.4. The fourth-order valence-electron chi connectivity index (χ4n) is 4.76. The minimum atomic E-state index is -0.199. The largest absolute Gasteiger partial charge is 0.336 e. The van der Waals surface area contributed by atoms with E-state index in [0.29, 0.717) is 6.54 Å². The topological polar surface area (TPSA) is 23.6 Å². The van der Waals surface area contributed by atoms with Crippen molar-refractivity contribution in [3.63, 3.8) is 0 Å². The van der Waals surface area contributed by atoms with E-state index in [1.165, 1.54) is 10.9 Å². The van der Waals surface area contributed by atoms with Crippen LogP contribution in [0.2, 0.25) is 0 Å². The van der Waals surface area contributed by atoms with E-state index in [1.54, 1.807) is 23.5 Å². The molecule has 1 aromatic heterocycles. The maximum absolute atomic E-state index is 14.1. The SMILES string of the molecule is Cc1ccccc1C(=O)N(CC1CN(Cc2cccs2)CC1c1cccc(F)c1)C(C)C. The van der Waals surface area contributed by atoms with E-state index >= 15 is 0 Å². The Bertz CT molecular complexity index is 1050. The molecule has 168 valence electrons. The Morgan fingerprint density at radius 3 is 2.62 bits per heavy atom. The molecule has 3 aromatic rings. The predicted octanol–water partition coefficient (Wildman–Crippen LogP) is 5.96. The summed E-state index contributed by atoms with van der Waals surface area (Å²) in [6.07, 6.45) is 0. The third-order valence-electron chi connectivity index (χ3n) is 6.44. The van der Waals surface area contributed by atoms with Crippen LogP contribution in [-0.2, 0) is 6.54 Å². The van der Waals surface area contributed by atoms with Crippen LogP contribution in [0.5, 0.6) is 0 Å². The molecule has 1 aliphatic heterocycles. The number of rotatable bonds is 7. The van der Waals surface area contributed by atoms with Crippen LogP contribution in [0.25, 0.3) is 0 Å². The number of hydrogen-bond donors (Lipinski definition) is 0. The molecule has 2 atom stereocenters. The number of thiophene rings is 1. The van der Waals surface area contributed by atoms with Crippen LogP contribution >= 0.6 is 11.3 Å². The van der Waals surface area contributed by atoms with Crippen LogP contribution < -0.4 is 0 Å². The molecule has 0 aliphatic carbocycles. The Balaban J connectivity index is 1.59. The van der Waals surface area contributed by atoms with Gasteiger partial charge in [-0.3, -0.25) is 9.69 Å². The molecule has 0 radical (unpaired) electrons. The Hall–Kier alpha value is -2.50. The molecule has 1 saturated heterocycles. The molecule has 5 heteroatoms. The van der Waals surface area contributed by atoms with Crippen molar-refractivity contribution in [2.75, 3.05) is 19.6 Å². The van der Waals surface area contributed by atoms with Gasteiger partial charge in [0.15, 0.2) is 0 Å². The van der Waals surface area contributed by atoms with Crippen molar-refractivity contribution in [3.05, 3.63) is 93.4 Å². The number of nitrogens with zero attached hydrogens (tertiary/aromatic N) is 2. The molecule has 32 heavy (non-hydrogen) atoms. The van der Waals surface area contributed by atoms with E-state index in [-0.39, 0.29) is 29.6 Å². The third kappa shape index (κ3) is 5.11. The second-order valence-electron chi connectivity index (χ2n) is 9.06. The lowest BCUT2D eigenvalue weighted by Gasteiger charge is -2.32. The minimum Gasteiger partial charge on any atom is -0.336 e. The Morgan fingerprint density at radius 1 is 1.12 bits per heavy atom. The van der Waals surface area contributed by atoms with Gasteiger partial charge in [-0.2, -0.15) is 0 Å². The lowest BCUT2D eigenvalue weighted by molar-refractivity contribution is 0.0667. The van der Waals surface area contributed by atoms with Gasteiger partial charge < -0.3 is 4.90 Å². The second-order valence-corrected chi connectivity index (χ2v) is 10.1. The number of benzene rings is 2. The Morgan fingerprint density at radius 2 is 1.94 bits per heavy atom. The first-order valence-electron chi connectivity index (χ1n) is 11.3. The molecule has 4 rings (SSSR count). The summed E-state index contributed by atoms with van der Waals surface area (Å²) in [5, 5.41) is 2.11. The summed E-state index contributed by atoms with van der Waals surface area (Å²) in [6.45, 7) is 9.46. The number of halogens is 1. The zero-order valence-corrected chi connectivity index (χ0v) is 19.8. The van der Waals surface area contributed by atoms with Gasteiger partial charge in [-0.1, -0.05) is 36.4 Å². The highest BCUT2D eigenvalue weighted by Gasteiger charge is 2.36. The van der Waals surface area contributed by atoms with Gasteiger partial charge in [0.2, 0.25) is 0 Å². The fraction of sp³-hybridized carbons (Fsp3) is 0.370. The Labute approximate surface area is 194 Å². The highest BCUT2D eigenvalue weighted by Crippen LogP contribution is 2.35. The highest BCUT2D eigenvalue weighted by atomic mass is 32.1. The number of aryl methyl sites for hydroxylation is 1. The summed E-state index contributed by atoms with van der Waals surface area (Å²) in [5.41, 5.74) is 2.78. The van der Waals surface area contributed by atoms with Crippen molar-refractivity contribution in [2.45, 2.75) is 39.3 Å². The predicted molar refractivity (Wildman–Crippen MR) is 130 cm³/mol. The molecule has 2 aromatic carbocycles. The van der Waals surface area contributed by atoms with Crippen molar-refractivity contribution in [2.24, 2.45) is 5.92 Å². The lowest BCUT2D eigenvalue weighted by Crippen LogP contribution is -2.42. The van der Waals surface area contributed by atoms with E-state index in [0.717, 1.165) is 36.3 Å². The van der Waals surface area contributed by atoms with E-state index in [1.807, 2.05) is 42.2 Å². The monoisotopic (exact) mass is 450 g/mol. The lowest BCUT2D eigenvalue weighted by atomic mass is 9.88. The number of likely N-dealkylation sites (tertiary alicyclic amines) is 1. The maximum atomic E-state index is 14.1. The van der Waals surface area contributed by atoms with Crippen molar-refractivity contribution in [1.82, 2.24) is 9.80 Å². The number of carbonyl (C=O) groups is 1. The van der Waals surface area contributed by atoms with Crippen molar-refractivity contribution >= 4 is 17.2 Å². The van der Waals surface area contributed by atoms with Gasteiger partial charge in [-0.25, -0.2) is 4.39 Å². The van der Waals surface area contributed by atoms with Gasteiger partial charge in [0, 0.05) is 48.6 Å². The van der Waals surface area contributed by atoms with Gasteiger partial charge in [-0.05, 0) is 67.5 Å². The summed E-state index contributed by atoms with van der Waals surface area (Å²) in [6, 6.07) is 19.1. The summed E-state index contributed by atoms with van der Waals surface area (Å²) in [5.74, 6) is 0.311. The molecule has 2 heterocycles. The molecule has 1 fully saturated rings. The Kier molecular flexibility index (Phi) is 7.07. The maximum Gasteiger partial charge on any atom is 0.254 e. The average Bonchev–Trinajstić information content (AvgIpc) is 3.42. The van der Waals surface area contributed by atoms with Gasteiger partial charge >= 0.3 is 0 Å². The van der Waals surface area contributed by atoms with Gasteiger partial charge in [0.1, 0.15) is 5.82 Å². The molecule has 0 N–H and O–H groups in total. The summed E-state index contributed by atoms with van der Waals surface area (Å²) in [7, 11) is 0. The summed E-state index contributed by atoms with van der Waals surface area (Å²) >= 11 is 1.77. The number of hydrogen-bond acceptors (Lipinski definition) is 3. The average molecular weight is 451 g/mol. The van der Waals surface area contributed by atoms with Crippen LogP contribution in [0.4, 0.5) is 4.39 Å². The van der Waals surface area contributed by atoms with E-state index in [9.17, 15) is 9.18 Å². The van der Waals surface area contributed by atoms with Crippen LogP contribution in [0.1, 0.15) is 46.1 Å². The van der Waals surface area contributed by atoms with Crippen LogP contribution in [-0.4, -0.2) is 41.4 Å². The van der Waals surface area contributed by atoms with Gasteiger partial charge in [-0.15, -0.1) is 11.3 Å².